The standard InChI is InChI=1S/C16H12BrClN2O5/c17-13-5-4-11(18)6-10(13)8-14(16(22)23)19-15(21)9-2-1-3-12(7-9)20(24)25/h1-7,14H,8H2,(H,19,21)(H,22,23)/t14-/m0/s1. The molecule has 0 saturated heterocycles. The van der Waals surface area contributed by atoms with Crippen LogP contribution in [-0.4, -0.2) is 27.9 Å². The van der Waals surface area contributed by atoms with Crippen molar-refractivity contribution in [3.63, 3.8) is 0 Å². The molecule has 1 amide bonds. The molecule has 0 aliphatic rings. The number of hydrogen-bond donors (Lipinski definition) is 2. The molecule has 0 radical (unpaired) electrons. The van der Waals surface area contributed by atoms with Crippen molar-refractivity contribution in [3.05, 3.63) is 73.2 Å². The van der Waals surface area contributed by atoms with Crippen molar-refractivity contribution in [1.82, 2.24) is 5.32 Å². The van der Waals surface area contributed by atoms with Crippen molar-refractivity contribution in [2.45, 2.75) is 12.5 Å². The number of nitro groups is 1. The maximum Gasteiger partial charge on any atom is 0.326 e. The molecule has 0 fully saturated rings. The molecule has 0 saturated carbocycles. The summed E-state index contributed by atoms with van der Waals surface area (Å²) in [5, 5.41) is 22.9. The SMILES string of the molecule is O=C(N[C@@H](Cc1cc(Cl)ccc1Br)C(=O)O)c1cccc([N+](=O)[O-])c1. The van der Waals surface area contributed by atoms with Crippen LogP contribution >= 0.6 is 27.5 Å². The number of nitrogens with one attached hydrogen (secondary N) is 1. The van der Waals surface area contributed by atoms with Crippen molar-refractivity contribution in [2.24, 2.45) is 0 Å². The monoisotopic (exact) mass is 426 g/mol. The second-order valence-electron chi connectivity index (χ2n) is 5.11. The van der Waals surface area contributed by atoms with Gasteiger partial charge >= 0.3 is 5.97 Å². The fourth-order valence-corrected chi connectivity index (χ4v) is 2.73. The van der Waals surface area contributed by atoms with E-state index in [2.05, 4.69) is 21.2 Å². The number of carbonyl (C=O) groups is 2. The maximum absolute atomic E-state index is 12.2. The molecule has 1 atom stereocenters. The van der Waals surface area contributed by atoms with Crippen molar-refractivity contribution < 1.29 is 19.6 Å². The molecule has 0 heterocycles. The summed E-state index contributed by atoms with van der Waals surface area (Å²) in [7, 11) is 0. The van der Waals surface area contributed by atoms with Gasteiger partial charge in [0.05, 0.1) is 4.92 Å². The van der Waals surface area contributed by atoms with Gasteiger partial charge in [0.1, 0.15) is 6.04 Å². The number of hydrogen-bond acceptors (Lipinski definition) is 4. The number of nitrogens with zero attached hydrogens (tertiary/aromatic N) is 1. The minimum Gasteiger partial charge on any atom is -0.480 e. The van der Waals surface area contributed by atoms with Gasteiger partial charge in [-0.2, -0.15) is 0 Å². The van der Waals surface area contributed by atoms with Crippen molar-refractivity contribution in [1.29, 1.82) is 0 Å². The second-order valence-corrected chi connectivity index (χ2v) is 6.40. The summed E-state index contributed by atoms with van der Waals surface area (Å²) < 4.78 is 0.660. The van der Waals surface area contributed by atoms with Gasteiger partial charge in [-0.15, -0.1) is 0 Å². The summed E-state index contributed by atoms with van der Waals surface area (Å²) in [6, 6.07) is 8.76. The van der Waals surface area contributed by atoms with Crippen molar-refractivity contribution in [2.75, 3.05) is 0 Å². The minimum absolute atomic E-state index is 0.00283. The summed E-state index contributed by atoms with van der Waals surface area (Å²) in [6.07, 6.45) is -0.00283. The van der Waals surface area contributed by atoms with Crippen LogP contribution in [0.1, 0.15) is 15.9 Å². The van der Waals surface area contributed by atoms with Gasteiger partial charge in [0, 0.05) is 33.6 Å². The van der Waals surface area contributed by atoms with Gasteiger partial charge in [-0.05, 0) is 29.8 Å². The first kappa shape index (κ1) is 18.9. The van der Waals surface area contributed by atoms with Crippen LogP contribution in [0.5, 0.6) is 0 Å². The van der Waals surface area contributed by atoms with Crippen LogP contribution < -0.4 is 5.32 Å². The van der Waals surface area contributed by atoms with E-state index in [1.807, 2.05) is 0 Å². The van der Waals surface area contributed by atoms with Crippen LogP contribution in [0, 0.1) is 10.1 Å². The Hall–Kier alpha value is -2.45. The number of non-ortho nitro benzene ring substituents is 1. The predicted molar refractivity (Wildman–Crippen MR) is 94.8 cm³/mol. The van der Waals surface area contributed by atoms with Crippen molar-refractivity contribution >= 4 is 45.1 Å². The lowest BCUT2D eigenvalue weighted by atomic mass is 10.1. The molecule has 0 bridgehead atoms. The highest BCUT2D eigenvalue weighted by Gasteiger charge is 2.23. The molecular weight excluding hydrogens is 416 g/mol. The highest BCUT2D eigenvalue weighted by atomic mass is 79.9. The topological polar surface area (TPSA) is 110 Å². The second kappa shape index (κ2) is 8.09. The highest BCUT2D eigenvalue weighted by molar-refractivity contribution is 9.10. The lowest BCUT2D eigenvalue weighted by molar-refractivity contribution is -0.384. The highest BCUT2D eigenvalue weighted by Crippen LogP contribution is 2.22. The number of halogens is 2. The molecule has 9 heteroatoms. The van der Waals surface area contributed by atoms with E-state index in [-0.39, 0.29) is 17.7 Å². The third-order valence-electron chi connectivity index (χ3n) is 3.35. The number of nitro benzene ring substituents is 1. The number of carbonyl (C=O) groups excluding carboxylic acids is 1. The Balaban J connectivity index is 2.20. The van der Waals surface area contributed by atoms with E-state index < -0.39 is 22.8 Å². The maximum atomic E-state index is 12.2. The van der Waals surface area contributed by atoms with E-state index in [4.69, 9.17) is 11.6 Å². The molecule has 0 aliphatic heterocycles. The molecule has 2 aromatic carbocycles. The molecule has 0 aromatic heterocycles. The van der Waals surface area contributed by atoms with Gasteiger partial charge in [-0.1, -0.05) is 33.6 Å². The summed E-state index contributed by atoms with van der Waals surface area (Å²) >= 11 is 9.21. The molecule has 2 N–H and O–H groups in total. The molecule has 0 unspecified atom stereocenters. The molecule has 2 rings (SSSR count). The fraction of sp³-hybridized carbons (Fsp3) is 0.125. The Morgan fingerprint density at radius 3 is 2.64 bits per heavy atom. The number of aliphatic carboxylic acids is 1. The largest absolute Gasteiger partial charge is 0.480 e. The van der Waals surface area contributed by atoms with Crippen LogP contribution in [0.15, 0.2) is 46.9 Å². The number of carboxylic acid groups (broad SMARTS) is 1. The first-order valence-electron chi connectivity index (χ1n) is 7.00. The zero-order valence-corrected chi connectivity index (χ0v) is 15.0. The van der Waals surface area contributed by atoms with Crippen LogP contribution in [0.2, 0.25) is 5.02 Å². The lowest BCUT2D eigenvalue weighted by Crippen LogP contribution is -2.42. The van der Waals surface area contributed by atoms with E-state index in [1.165, 1.54) is 18.2 Å². The Kier molecular flexibility index (Phi) is 6.11. The van der Waals surface area contributed by atoms with Gasteiger partial charge in [0.25, 0.3) is 11.6 Å². The first-order chi connectivity index (χ1) is 11.8. The van der Waals surface area contributed by atoms with Gasteiger partial charge in [-0.3, -0.25) is 14.9 Å². The lowest BCUT2D eigenvalue weighted by Gasteiger charge is -2.16. The molecular formula is C16H12BrClN2O5. The van der Waals surface area contributed by atoms with E-state index in [9.17, 15) is 24.8 Å². The molecule has 7 nitrogen and oxygen atoms in total. The van der Waals surface area contributed by atoms with Crippen LogP contribution in [0.3, 0.4) is 0 Å². The number of amides is 1. The molecule has 2 aromatic rings. The predicted octanol–water partition coefficient (Wildman–Crippen LogP) is 3.44. The molecule has 0 aliphatic carbocycles. The summed E-state index contributed by atoms with van der Waals surface area (Å²) in [6.45, 7) is 0. The van der Waals surface area contributed by atoms with Crippen molar-refractivity contribution in [3.8, 4) is 0 Å². The van der Waals surface area contributed by atoms with Crippen LogP contribution in [0.4, 0.5) is 5.69 Å². The Bertz CT molecular complexity index is 843. The van der Waals surface area contributed by atoms with Gasteiger partial charge in [0.15, 0.2) is 0 Å². The number of rotatable bonds is 6. The first-order valence-corrected chi connectivity index (χ1v) is 8.17. The number of benzene rings is 2. The molecule has 25 heavy (non-hydrogen) atoms. The van der Waals surface area contributed by atoms with Crippen LogP contribution in [-0.2, 0) is 11.2 Å². The fourth-order valence-electron chi connectivity index (χ4n) is 2.12. The van der Waals surface area contributed by atoms with E-state index in [0.717, 1.165) is 6.07 Å². The Morgan fingerprint density at radius 2 is 2.00 bits per heavy atom. The third kappa shape index (κ3) is 5.01. The molecule has 0 spiro atoms. The smallest absolute Gasteiger partial charge is 0.326 e. The van der Waals surface area contributed by atoms with E-state index in [0.29, 0.717) is 15.1 Å². The average molecular weight is 428 g/mol. The quantitative estimate of drug-likeness (QED) is 0.542. The zero-order chi connectivity index (χ0) is 18.6. The molecule has 130 valence electrons. The summed E-state index contributed by atoms with van der Waals surface area (Å²) in [4.78, 5) is 33.9. The van der Waals surface area contributed by atoms with E-state index in [1.54, 1.807) is 18.2 Å². The van der Waals surface area contributed by atoms with E-state index >= 15 is 0 Å². The summed E-state index contributed by atoms with van der Waals surface area (Å²) in [5.41, 5.74) is 0.363. The van der Waals surface area contributed by atoms with Crippen LogP contribution in [0.25, 0.3) is 0 Å². The normalized spacial score (nSPS) is 11.6. The van der Waals surface area contributed by atoms with Gasteiger partial charge in [-0.25, -0.2) is 4.79 Å². The van der Waals surface area contributed by atoms with Gasteiger partial charge < -0.3 is 10.4 Å². The number of carboxylic acids is 1. The Labute approximate surface area is 155 Å². The zero-order valence-electron chi connectivity index (χ0n) is 12.6. The average Bonchev–Trinajstić information content (AvgIpc) is 2.57. The Morgan fingerprint density at radius 1 is 1.28 bits per heavy atom. The minimum atomic E-state index is -1.23. The third-order valence-corrected chi connectivity index (χ3v) is 4.36. The summed E-state index contributed by atoms with van der Waals surface area (Å²) in [5.74, 6) is -1.94. The van der Waals surface area contributed by atoms with Gasteiger partial charge in [0.2, 0.25) is 0 Å².